The Morgan fingerprint density at radius 1 is 1.20 bits per heavy atom. The number of rotatable bonds is 4. The molecule has 20 heavy (non-hydrogen) atoms. The molecule has 0 bridgehead atoms. The lowest BCUT2D eigenvalue weighted by Crippen LogP contribution is -2.45. The molecule has 2 aliphatic heterocycles. The molecule has 0 atom stereocenters. The number of likely N-dealkylation sites (N-methyl/N-ethyl adjacent to an activating group) is 1. The van der Waals surface area contributed by atoms with Gasteiger partial charge in [-0.05, 0) is 33.0 Å². The summed E-state index contributed by atoms with van der Waals surface area (Å²) in [6.07, 6.45) is 3.12. The van der Waals surface area contributed by atoms with E-state index in [0.717, 1.165) is 76.8 Å². The second-order valence-electron chi connectivity index (χ2n) is 5.97. The summed E-state index contributed by atoms with van der Waals surface area (Å²) >= 11 is 0. The molecule has 0 unspecified atom stereocenters. The van der Waals surface area contributed by atoms with E-state index in [2.05, 4.69) is 32.3 Å². The molecule has 0 radical (unpaired) electrons. The second-order valence-corrected chi connectivity index (χ2v) is 5.97. The molecule has 0 saturated carbocycles. The Kier molecular flexibility index (Phi) is 4.65. The molecule has 3 rings (SSSR count). The fourth-order valence-corrected chi connectivity index (χ4v) is 2.93. The highest BCUT2D eigenvalue weighted by Gasteiger charge is 2.21. The van der Waals surface area contributed by atoms with Crippen LogP contribution in [0.1, 0.15) is 30.5 Å². The van der Waals surface area contributed by atoms with Crippen LogP contribution in [0.25, 0.3) is 0 Å². The van der Waals surface area contributed by atoms with Crippen molar-refractivity contribution in [3.05, 3.63) is 11.7 Å². The Hall–Kier alpha value is -0.980. The average Bonchev–Trinajstić information content (AvgIpc) is 2.97. The fraction of sp³-hybridized carbons (Fsp3) is 0.857. The van der Waals surface area contributed by atoms with E-state index < -0.39 is 0 Å². The number of nitrogens with zero attached hydrogens (tertiary/aromatic N) is 4. The van der Waals surface area contributed by atoms with Crippen molar-refractivity contribution in [3.8, 4) is 0 Å². The van der Waals surface area contributed by atoms with Crippen LogP contribution >= 0.6 is 0 Å². The van der Waals surface area contributed by atoms with Crippen molar-refractivity contribution in [3.63, 3.8) is 0 Å². The third-order valence-corrected chi connectivity index (χ3v) is 4.42. The van der Waals surface area contributed by atoms with Gasteiger partial charge < -0.3 is 19.6 Å². The fourth-order valence-electron chi connectivity index (χ4n) is 2.93. The first kappa shape index (κ1) is 14.0. The van der Waals surface area contributed by atoms with Gasteiger partial charge in [0.05, 0.1) is 0 Å². The maximum absolute atomic E-state index is 5.45. The van der Waals surface area contributed by atoms with Gasteiger partial charge in [-0.3, -0.25) is 0 Å². The normalized spacial score (nSPS) is 23.2. The number of piperidine rings is 1. The standard InChI is InChI=1S/C14H25N5O/c1-18-8-10-19(11-9-18)7-4-13-16-14(20-17-13)12-2-5-15-6-3-12/h12,15H,2-11H2,1H3. The van der Waals surface area contributed by atoms with Crippen LogP contribution in [0.5, 0.6) is 0 Å². The van der Waals surface area contributed by atoms with Crippen molar-refractivity contribution in [2.75, 3.05) is 52.9 Å². The zero-order valence-electron chi connectivity index (χ0n) is 12.3. The minimum Gasteiger partial charge on any atom is -0.339 e. The van der Waals surface area contributed by atoms with E-state index >= 15 is 0 Å². The molecular weight excluding hydrogens is 254 g/mol. The predicted molar refractivity (Wildman–Crippen MR) is 76.8 cm³/mol. The quantitative estimate of drug-likeness (QED) is 0.857. The zero-order valence-corrected chi connectivity index (χ0v) is 12.3. The summed E-state index contributed by atoms with van der Waals surface area (Å²) in [6, 6.07) is 0. The molecule has 0 spiro atoms. The van der Waals surface area contributed by atoms with Gasteiger partial charge in [0.1, 0.15) is 0 Å². The van der Waals surface area contributed by atoms with Gasteiger partial charge in [0.15, 0.2) is 5.82 Å². The van der Waals surface area contributed by atoms with Crippen LogP contribution < -0.4 is 5.32 Å². The smallest absolute Gasteiger partial charge is 0.229 e. The summed E-state index contributed by atoms with van der Waals surface area (Å²) in [7, 11) is 2.18. The Morgan fingerprint density at radius 3 is 2.70 bits per heavy atom. The van der Waals surface area contributed by atoms with Crippen LogP contribution in [-0.2, 0) is 6.42 Å². The number of piperazine rings is 1. The summed E-state index contributed by atoms with van der Waals surface area (Å²) in [6.45, 7) is 7.77. The van der Waals surface area contributed by atoms with E-state index in [-0.39, 0.29) is 0 Å². The van der Waals surface area contributed by atoms with Crippen molar-refractivity contribution >= 4 is 0 Å². The van der Waals surface area contributed by atoms with Gasteiger partial charge in [-0.2, -0.15) is 4.98 Å². The van der Waals surface area contributed by atoms with Gasteiger partial charge in [-0.25, -0.2) is 0 Å². The summed E-state index contributed by atoms with van der Waals surface area (Å²) in [5, 5.41) is 7.51. The molecule has 3 heterocycles. The molecule has 0 amide bonds. The largest absolute Gasteiger partial charge is 0.339 e. The monoisotopic (exact) mass is 279 g/mol. The summed E-state index contributed by atoms with van der Waals surface area (Å²) in [4.78, 5) is 9.45. The molecule has 2 saturated heterocycles. The van der Waals surface area contributed by atoms with E-state index in [9.17, 15) is 0 Å². The topological polar surface area (TPSA) is 57.4 Å². The van der Waals surface area contributed by atoms with Gasteiger partial charge in [-0.1, -0.05) is 5.16 Å². The molecule has 6 nitrogen and oxygen atoms in total. The molecule has 0 aromatic carbocycles. The van der Waals surface area contributed by atoms with Crippen LogP contribution in [0.3, 0.4) is 0 Å². The lowest BCUT2D eigenvalue weighted by Gasteiger charge is -2.31. The van der Waals surface area contributed by atoms with E-state index in [1.54, 1.807) is 0 Å². The predicted octanol–water partition coefficient (Wildman–Crippen LogP) is 0.327. The SMILES string of the molecule is CN1CCN(CCc2noc(C3CCNCC3)n2)CC1. The van der Waals surface area contributed by atoms with Gasteiger partial charge in [0.25, 0.3) is 0 Å². The van der Waals surface area contributed by atoms with Crippen LogP contribution in [0.4, 0.5) is 0 Å². The van der Waals surface area contributed by atoms with E-state index in [0.29, 0.717) is 5.92 Å². The van der Waals surface area contributed by atoms with E-state index in [1.807, 2.05) is 0 Å². The second kappa shape index (κ2) is 6.65. The summed E-state index contributed by atoms with van der Waals surface area (Å²) in [5.74, 6) is 2.18. The van der Waals surface area contributed by atoms with E-state index in [4.69, 9.17) is 4.52 Å². The minimum absolute atomic E-state index is 0.459. The van der Waals surface area contributed by atoms with Gasteiger partial charge in [0, 0.05) is 45.1 Å². The lowest BCUT2D eigenvalue weighted by atomic mass is 9.98. The van der Waals surface area contributed by atoms with Crippen molar-refractivity contribution in [1.29, 1.82) is 0 Å². The molecular formula is C14H25N5O. The molecule has 2 aliphatic rings. The number of nitrogens with one attached hydrogen (secondary N) is 1. The highest BCUT2D eigenvalue weighted by atomic mass is 16.5. The van der Waals surface area contributed by atoms with Crippen molar-refractivity contribution < 1.29 is 4.52 Å². The first-order valence-electron chi connectivity index (χ1n) is 7.75. The number of hydrogen-bond acceptors (Lipinski definition) is 6. The van der Waals surface area contributed by atoms with Gasteiger partial charge in [-0.15, -0.1) is 0 Å². The summed E-state index contributed by atoms with van der Waals surface area (Å²) in [5.41, 5.74) is 0. The summed E-state index contributed by atoms with van der Waals surface area (Å²) < 4.78 is 5.45. The van der Waals surface area contributed by atoms with Crippen LogP contribution in [0, 0.1) is 0 Å². The molecule has 0 aliphatic carbocycles. The molecule has 1 N–H and O–H groups in total. The first-order valence-corrected chi connectivity index (χ1v) is 7.75. The van der Waals surface area contributed by atoms with Crippen LogP contribution in [0.2, 0.25) is 0 Å². The molecule has 1 aromatic heterocycles. The average molecular weight is 279 g/mol. The third-order valence-electron chi connectivity index (χ3n) is 4.42. The molecule has 6 heteroatoms. The van der Waals surface area contributed by atoms with Crippen molar-refractivity contribution in [2.45, 2.75) is 25.2 Å². The Bertz CT molecular complexity index is 407. The first-order chi connectivity index (χ1) is 9.81. The Labute approximate surface area is 120 Å². The van der Waals surface area contributed by atoms with E-state index in [1.165, 1.54) is 0 Å². The lowest BCUT2D eigenvalue weighted by molar-refractivity contribution is 0.154. The van der Waals surface area contributed by atoms with Crippen molar-refractivity contribution in [2.24, 2.45) is 0 Å². The number of hydrogen-bond donors (Lipinski definition) is 1. The van der Waals surface area contributed by atoms with Crippen LogP contribution in [0.15, 0.2) is 4.52 Å². The Balaban J connectivity index is 1.47. The highest BCUT2D eigenvalue weighted by Crippen LogP contribution is 2.23. The van der Waals surface area contributed by atoms with Crippen LogP contribution in [-0.4, -0.2) is 72.8 Å². The number of aromatic nitrogens is 2. The zero-order chi connectivity index (χ0) is 13.8. The molecule has 1 aromatic rings. The third kappa shape index (κ3) is 3.56. The van der Waals surface area contributed by atoms with Gasteiger partial charge in [0.2, 0.25) is 5.89 Å². The minimum atomic E-state index is 0.459. The molecule has 112 valence electrons. The van der Waals surface area contributed by atoms with Crippen molar-refractivity contribution in [1.82, 2.24) is 25.3 Å². The molecule has 2 fully saturated rings. The maximum Gasteiger partial charge on any atom is 0.229 e. The Morgan fingerprint density at radius 2 is 1.95 bits per heavy atom. The van der Waals surface area contributed by atoms with Gasteiger partial charge >= 0.3 is 0 Å². The highest BCUT2D eigenvalue weighted by molar-refractivity contribution is 4.96. The maximum atomic E-state index is 5.45.